The molecule has 0 amide bonds. The molecular formula is C18H16N2O4S. The summed E-state index contributed by atoms with van der Waals surface area (Å²) < 4.78 is 26.1. The Morgan fingerprint density at radius 2 is 1.72 bits per heavy atom. The molecule has 6 nitrogen and oxygen atoms in total. The topological polar surface area (TPSA) is 89.3 Å². The standard InChI is InChI=1S/C18H16N2O4S/c1-13-7-9-16(10-8-13)25(23,24)20-17(18(21)22)15(12-19-20)11-14-5-3-2-4-6-14/h2-10,12H,11H2,1H3,(H,21,22). The van der Waals surface area contributed by atoms with Gasteiger partial charge in [0.1, 0.15) is 0 Å². The van der Waals surface area contributed by atoms with Crippen molar-refractivity contribution in [2.24, 2.45) is 0 Å². The third-order valence-electron chi connectivity index (χ3n) is 3.80. The van der Waals surface area contributed by atoms with Crippen LogP contribution in [0.4, 0.5) is 0 Å². The van der Waals surface area contributed by atoms with Crippen molar-refractivity contribution in [1.82, 2.24) is 9.19 Å². The summed E-state index contributed by atoms with van der Waals surface area (Å²) >= 11 is 0. The van der Waals surface area contributed by atoms with Crippen molar-refractivity contribution in [3.63, 3.8) is 0 Å². The van der Waals surface area contributed by atoms with Crippen LogP contribution in [0.5, 0.6) is 0 Å². The van der Waals surface area contributed by atoms with Crippen molar-refractivity contribution in [2.75, 3.05) is 0 Å². The van der Waals surface area contributed by atoms with E-state index in [0.717, 1.165) is 11.1 Å². The normalized spacial score (nSPS) is 11.4. The number of aromatic carboxylic acids is 1. The summed E-state index contributed by atoms with van der Waals surface area (Å²) in [6.07, 6.45) is 1.58. The van der Waals surface area contributed by atoms with Gasteiger partial charge in [-0.1, -0.05) is 48.0 Å². The zero-order chi connectivity index (χ0) is 18.0. The smallest absolute Gasteiger partial charge is 0.355 e. The number of carbonyl (C=O) groups is 1. The molecule has 0 aliphatic rings. The Morgan fingerprint density at radius 1 is 1.08 bits per heavy atom. The summed E-state index contributed by atoms with van der Waals surface area (Å²) in [4.78, 5) is 11.7. The molecule has 0 bridgehead atoms. The molecule has 1 aromatic heterocycles. The van der Waals surface area contributed by atoms with Crippen molar-refractivity contribution < 1.29 is 18.3 Å². The molecule has 0 saturated heterocycles. The SMILES string of the molecule is Cc1ccc(S(=O)(=O)n2ncc(Cc3ccccc3)c2C(=O)O)cc1. The molecule has 3 rings (SSSR count). The Hall–Kier alpha value is -2.93. The number of rotatable bonds is 5. The highest BCUT2D eigenvalue weighted by atomic mass is 32.2. The van der Waals surface area contributed by atoms with Crippen LogP contribution in [0.15, 0.2) is 65.7 Å². The van der Waals surface area contributed by atoms with E-state index in [9.17, 15) is 18.3 Å². The molecule has 1 heterocycles. The fraction of sp³-hybridized carbons (Fsp3) is 0.111. The number of benzene rings is 2. The van der Waals surface area contributed by atoms with Gasteiger partial charge in [-0.05, 0) is 24.6 Å². The molecule has 128 valence electrons. The number of aryl methyl sites for hydroxylation is 1. The second-order valence-electron chi connectivity index (χ2n) is 5.65. The maximum absolute atomic E-state index is 12.8. The maximum atomic E-state index is 12.8. The lowest BCUT2D eigenvalue weighted by Gasteiger charge is -2.08. The Balaban J connectivity index is 2.08. The van der Waals surface area contributed by atoms with E-state index in [4.69, 9.17) is 0 Å². The lowest BCUT2D eigenvalue weighted by molar-refractivity contribution is 0.0687. The highest BCUT2D eigenvalue weighted by molar-refractivity contribution is 7.89. The molecule has 0 unspecified atom stereocenters. The van der Waals surface area contributed by atoms with Crippen LogP contribution in [-0.2, 0) is 16.4 Å². The predicted molar refractivity (Wildman–Crippen MR) is 92.2 cm³/mol. The van der Waals surface area contributed by atoms with Crippen LogP contribution in [0.3, 0.4) is 0 Å². The van der Waals surface area contributed by atoms with Gasteiger partial charge in [0.05, 0.1) is 11.1 Å². The zero-order valence-electron chi connectivity index (χ0n) is 13.5. The van der Waals surface area contributed by atoms with Gasteiger partial charge < -0.3 is 5.11 Å². The molecule has 2 aromatic carbocycles. The quantitative estimate of drug-likeness (QED) is 0.759. The van der Waals surface area contributed by atoms with E-state index < -0.39 is 16.0 Å². The third-order valence-corrected chi connectivity index (χ3v) is 5.40. The van der Waals surface area contributed by atoms with Crippen molar-refractivity contribution in [3.8, 4) is 0 Å². The number of hydrogen-bond acceptors (Lipinski definition) is 4. The Labute approximate surface area is 145 Å². The van der Waals surface area contributed by atoms with Crippen molar-refractivity contribution >= 4 is 16.0 Å². The van der Waals surface area contributed by atoms with Crippen molar-refractivity contribution in [1.29, 1.82) is 0 Å². The first-order valence-electron chi connectivity index (χ1n) is 7.56. The van der Waals surface area contributed by atoms with Gasteiger partial charge in [-0.3, -0.25) is 0 Å². The van der Waals surface area contributed by atoms with Crippen LogP contribution >= 0.6 is 0 Å². The molecular weight excluding hydrogens is 340 g/mol. The summed E-state index contributed by atoms with van der Waals surface area (Å²) in [7, 11) is -4.08. The third kappa shape index (κ3) is 3.32. The minimum Gasteiger partial charge on any atom is -0.476 e. The van der Waals surface area contributed by atoms with Crippen LogP contribution in [-0.4, -0.2) is 28.7 Å². The number of carboxylic acids is 1. The van der Waals surface area contributed by atoms with Gasteiger partial charge in [0.2, 0.25) is 0 Å². The molecule has 0 aliphatic heterocycles. The van der Waals surface area contributed by atoms with Crippen LogP contribution in [0.1, 0.15) is 27.2 Å². The minimum atomic E-state index is -4.08. The van der Waals surface area contributed by atoms with Gasteiger partial charge in [0, 0.05) is 12.0 Å². The van der Waals surface area contributed by atoms with E-state index in [-0.39, 0.29) is 17.0 Å². The van der Waals surface area contributed by atoms with Crippen molar-refractivity contribution in [2.45, 2.75) is 18.2 Å². The van der Waals surface area contributed by atoms with Gasteiger partial charge in [-0.25, -0.2) is 4.79 Å². The zero-order valence-corrected chi connectivity index (χ0v) is 14.3. The minimum absolute atomic E-state index is 0.00467. The molecule has 0 aliphatic carbocycles. The Kier molecular flexibility index (Phi) is 4.41. The molecule has 0 saturated carbocycles. The van der Waals surface area contributed by atoms with E-state index >= 15 is 0 Å². The summed E-state index contributed by atoms with van der Waals surface area (Å²) in [6, 6.07) is 15.4. The molecule has 0 fully saturated rings. The molecule has 7 heteroatoms. The molecule has 0 spiro atoms. The molecule has 25 heavy (non-hydrogen) atoms. The average molecular weight is 356 g/mol. The second kappa shape index (κ2) is 6.52. The first-order chi connectivity index (χ1) is 11.9. The van der Waals surface area contributed by atoms with E-state index in [0.29, 0.717) is 9.65 Å². The average Bonchev–Trinajstić information content (AvgIpc) is 3.01. The van der Waals surface area contributed by atoms with Crippen LogP contribution in [0, 0.1) is 6.92 Å². The van der Waals surface area contributed by atoms with Gasteiger partial charge in [0.25, 0.3) is 10.0 Å². The first-order valence-corrected chi connectivity index (χ1v) is 9.00. The maximum Gasteiger partial charge on any atom is 0.355 e. The Bertz CT molecular complexity index is 1010. The fourth-order valence-corrected chi connectivity index (χ4v) is 3.81. The molecule has 0 radical (unpaired) electrons. The molecule has 3 aromatic rings. The van der Waals surface area contributed by atoms with E-state index in [2.05, 4.69) is 5.10 Å². The monoisotopic (exact) mass is 356 g/mol. The van der Waals surface area contributed by atoms with Crippen LogP contribution in [0.2, 0.25) is 0 Å². The van der Waals surface area contributed by atoms with Crippen LogP contribution < -0.4 is 0 Å². The van der Waals surface area contributed by atoms with E-state index in [1.165, 1.54) is 18.3 Å². The summed E-state index contributed by atoms with van der Waals surface area (Å²) in [5, 5.41) is 13.4. The van der Waals surface area contributed by atoms with Gasteiger partial charge in [0.15, 0.2) is 5.69 Å². The molecule has 1 N–H and O–H groups in total. The van der Waals surface area contributed by atoms with Crippen LogP contribution in [0.25, 0.3) is 0 Å². The lowest BCUT2D eigenvalue weighted by Crippen LogP contribution is -2.20. The number of nitrogens with zero attached hydrogens (tertiary/aromatic N) is 2. The van der Waals surface area contributed by atoms with Gasteiger partial charge in [-0.2, -0.15) is 13.5 Å². The van der Waals surface area contributed by atoms with E-state index in [1.807, 2.05) is 37.3 Å². The molecule has 0 atom stereocenters. The summed E-state index contributed by atoms with van der Waals surface area (Å²) in [6.45, 7) is 1.84. The van der Waals surface area contributed by atoms with Gasteiger partial charge in [-0.15, -0.1) is 4.09 Å². The number of aromatic nitrogens is 2. The summed E-state index contributed by atoms with van der Waals surface area (Å²) in [5.74, 6) is -1.33. The predicted octanol–water partition coefficient (Wildman–Crippen LogP) is 2.72. The highest BCUT2D eigenvalue weighted by Gasteiger charge is 2.27. The first kappa shape index (κ1) is 16.9. The Morgan fingerprint density at radius 3 is 2.32 bits per heavy atom. The summed E-state index contributed by atoms with van der Waals surface area (Å²) in [5.41, 5.74) is 1.78. The second-order valence-corrected chi connectivity index (χ2v) is 7.41. The van der Waals surface area contributed by atoms with Crippen molar-refractivity contribution in [3.05, 3.63) is 83.2 Å². The fourth-order valence-electron chi connectivity index (χ4n) is 2.52. The highest BCUT2D eigenvalue weighted by Crippen LogP contribution is 2.20. The number of hydrogen-bond donors (Lipinski definition) is 1. The lowest BCUT2D eigenvalue weighted by atomic mass is 10.1. The largest absolute Gasteiger partial charge is 0.476 e. The number of carboxylic acid groups (broad SMARTS) is 1. The van der Waals surface area contributed by atoms with Gasteiger partial charge >= 0.3 is 5.97 Å². The van der Waals surface area contributed by atoms with E-state index in [1.54, 1.807) is 12.1 Å².